The quantitative estimate of drug-likeness (QED) is 0.349. The maximum absolute atomic E-state index is 13.9. The Morgan fingerprint density at radius 3 is 2.26 bits per heavy atom. The number of morpholine rings is 1. The third-order valence-corrected chi connectivity index (χ3v) is 8.86. The van der Waals surface area contributed by atoms with E-state index in [4.69, 9.17) is 27.9 Å². The van der Waals surface area contributed by atoms with Crippen LogP contribution in [0.5, 0.6) is 0 Å². The number of carbonyl (C=O) groups is 2. The van der Waals surface area contributed by atoms with E-state index in [0.29, 0.717) is 27.6 Å². The highest BCUT2D eigenvalue weighted by Crippen LogP contribution is 2.45. The lowest BCUT2D eigenvalue weighted by Gasteiger charge is -2.48. The van der Waals surface area contributed by atoms with Gasteiger partial charge in [0.05, 0.1) is 23.1 Å². The molecule has 4 rings (SSSR count). The van der Waals surface area contributed by atoms with E-state index in [0.717, 1.165) is 0 Å². The van der Waals surface area contributed by atoms with E-state index in [-0.39, 0.29) is 10.6 Å². The van der Waals surface area contributed by atoms with E-state index in [1.54, 1.807) is 73.7 Å². The molecule has 7 nitrogen and oxygen atoms in total. The predicted octanol–water partition coefficient (Wildman–Crippen LogP) is 5.73. The Hall–Kier alpha value is -2.91. The fourth-order valence-corrected chi connectivity index (χ4v) is 6.76. The minimum atomic E-state index is -3.78. The van der Waals surface area contributed by atoms with E-state index in [1.807, 2.05) is 0 Å². The van der Waals surface area contributed by atoms with E-state index in [9.17, 15) is 23.1 Å². The lowest BCUT2D eigenvalue weighted by atomic mass is 9.89. The normalized spacial score (nSPS) is 20.8. The number of sulfone groups is 1. The first-order valence-electron chi connectivity index (χ1n) is 12.1. The van der Waals surface area contributed by atoms with Crippen LogP contribution < -0.4 is 0 Å². The topological polar surface area (TPSA) is 101 Å². The fraction of sp³-hybridized carbons (Fsp3) is 0.286. The molecule has 1 amide bonds. The Kier molecular flexibility index (Phi) is 8.78. The lowest BCUT2D eigenvalue weighted by molar-refractivity contribution is -0.182. The Labute approximate surface area is 231 Å². The number of carboxylic acids is 1. The largest absolute Gasteiger partial charge is 0.481 e. The van der Waals surface area contributed by atoms with Crippen molar-refractivity contribution in [1.82, 2.24) is 4.90 Å². The van der Waals surface area contributed by atoms with Gasteiger partial charge in [-0.3, -0.25) is 9.59 Å². The van der Waals surface area contributed by atoms with Crippen LogP contribution in [0.25, 0.3) is 0 Å². The molecule has 3 aromatic carbocycles. The second kappa shape index (κ2) is 11.9. The third kappa shape index (κ3) is 6.21. The number of aliphatic carboxylic acids is 1. The van der Waals surface area contributed by atoms with Gasteiger partial charge in [-0.2, -0.15) is 0 Å². The van der Waals surface area contributed by atoms with E-state index >= 15 is 0 Å². The van der Waals surface area contributed by atoms with Crippen molar-refractivity contribution < 1.29 is 27.9 Å². The molecule has 200 valence electrons. The molecule has 1 saturated heterocycles. The summed E-state index contributed by atoms with van der Waals surface area (Å²) < 4.78 is 33.0. The number of hydrogen-bond donors (Lipinski definition) is 1. The van der Waals surface area contributed by atoms with E-state index < -0.39 is 52.4 Å². The zero-order valence-corrected chi connectivity index (χ0v) is 22.9. The highest BCUT2D eigenvalue weighted by atomic mass is 35.5. The van der Waals surface area contributed by atoms with Gasteiger partial charge in [-0.15, -0.1) is 0 Å². The van der Waals surface area contributed by atoms with Gasteiger partial charge in [0.1, 0.15) is 12.2 Å². The highest BCUT2D eigenvalue weighted by molar-refractivity contribution is 7.91. The van der Waals surface area contributed by atoms with Crippen LogP contribution in [0.1, 0.15) is 43.0 Å². The molecule has 0 aromatic heterocycles. The Balaban J connectivity index is 1.86. The summed E-state index contributed by atoms with van der Waals surface area (Å²) in [5.74, 6) is -2.13. The SMILES string of the molecule is CC[C@@H](CS(=O)(=O)c1ccccc1)N1C(=O)[C@H](CC(=O)O)O[C@H](c2cccc(Cl)c2)[C@H]1c1ccc(Cl)cc1. The Morgan fingerprint density at radius 2 is 1.66 bits per heavy atom. The molecule has 1 heterocycles. The molecular weight excluding hydrogens is 549 g/mol. The van der Waals surface area contributed by atoms with Crippen LogP contribution in [0, 0.1) is 0 Å². The highest BCUT2D eigenvalue weighted by Gasteiger charge is 2.47. The number of rotatable bonds is 9. The second-order valence-electron chi connectivity index (χ2n) is 9.10. The van der Waals surface area contributed by atoms with Gasteiger partial charge in [-0.05, 0) is 53.9 Å². The van der Waals surface area contributed by atoms with Gasteiger partial charge in [0.25, 0.3) is 5.91 Å². The van der Waals surface area contributed by atoms with Crippen LogP contribution in [0.15, 0.2) is 83.8 Å². The van der Waals surface area contributed by atoms with Crippen molar-refractivity contribution >= 4 is 44.9 Å². The molecule has 0 saturated carbocycles. The molecule has 10 heteroatoms. The first kappa shape index (κ1) is 28.1. The monoisotopic (exact) mass is 575 g/mol. The number of hydrogen-bond acceptors (Lipinski definition) is 5. The summed E-state index contributed by atoms with van der Waals surface area (Å²) in [5.41, 5.74) is 1.29. The zero-order chi connectivity index (χ0) is 27.4. The summed E-state index contributed by atoms with van der Waals surface area (Å²) in [5, 5.41) is 10.5. The van der Waals surface area contributed by atoms with Crippen molar-refractivity contribution in [3.63, 3.8) is 0 Å². The van der Waals surface area contributed by atoms with Gasteiger partial charge in [0.15, 0.2) is 9.84 Å². The standard InChI is InChI=1S/C28H27Cl2NO6S/c1-2-22(17-38(35,36)23-9-4-3-5-10-23)31-26(18-11-13-20(29)14-12-18)27(19-7-6-8-21(30)15-19)37-24(28(31)34)16-25(32)33/h3-15,22,24,26-27H,2,16-17H2,1H3,(H,32,33)/t22-,24-,26+,27+/m0/s1. The molecular formula is C28H27Cl2NO6S. The van der Waals surface area contributed by atoms with Crippen molar-refractivity contribution in [3.8, 4) is 0 Å². The molecule has 1 aliphatic heterocycles. The van der Waals surface area contributed by atoms with Gasteiger partial charge < -0.3 is 14.7 Å². The fourth-order valence-electron chi connectivity index (χ4n) is 4.77. The average Bonchev–Trinajstić information content (AvgIpc) is 2.89. The van der Waals surface area contributed by atoms with E-state index in [2.05, 4.69) is 0 Å². The molecule has 0 unspecified atom stereocenters. The third-order valence-electron chi connectivity index (χ3n) is 6.55. The molecule has 0 aliphatic carbocycles. The molecule has 0 spiro atoms. The summed E-state index contributed by atoms with van der Waals surface area (Å²) >= 11 is 12.4. The van der Waals surface area contributed by atoms with Gasteiger partial charge in [0.2, 0.25) is 0 Å². The maximum atomic E-state index is 13.9. The van der Waals surface area contributed by atoms with Crippen LogP contribution in [0.4, 0.5) is 0 Å². The van der Waals surface area contributed by atoms with Gasteiger partial charge >= 0.3 is 5.97 Å². The maximum Gasteiger partial charge on any atom is 0.306 e. The van der Waals surface area contributed by atoms with Gasteiger partial charge in [-0.1, -0.05) is 72.6 Å². The summed E-state index contributed by atoms with van der Waals surface area (Å²) in [6.07, 6.45) is -2.38. The first-order valence-corrected chi connectivity index (χ1v) is 14.5. The number of carboxylic acid groups (broad SMARTS) is 1. The summed E-state index contributed by atoms with van der Waals surface area (Å²) in [4.78, 5) is 27.2. The Bertz CT molecular complexity index is 1400. The molecule has 1 aliphatic rings. The molecule has 4 atom stereocenters. The molecule has 0 radical (unpaired) electrons. The minimum Gasteiger partial charge on any atom is -0.481 e. The molecule has 1 N–H and O–H groups in total. The van der Waals surface area contributed by atoms with Gasteiger partial charge in [-0.25, -0.2) is 8.42 Å². The summed E-state index contributed by atoms with van der Waals surface area (Å²) in [6, 6.07) is 20.3. The molecule has 0 bridgehead atoms. The lowest BCUT2D eigenvalue weighted by Crippen LogP contribution is -2.56. The number of nitrogens with zero attached hydrogens (tertiary/aromatic N) is 1. The molecule has 38 heavy (non-hydrogen) atoms. The van der Waals surface area contributed by atoms with Crippen LogP contribution in [0.3, 0.4) is 0 Å². The number of halogens is 2. The first-order chi connectivity index (χ1) is 18.1. The number of amides is 1. The van der Waals surface area contributed by atoms with Crippen LogP contribution >= 0.6 is 23.2 Å². The number of ether oxygens (including phenoxy) is 1. The van der Waals surface area contributed by atoms with Crippen molar-refractivity contribution in [2.45, 2.75) is 49.0 Å². The van der Waals surface area contributed by atoms with Crippen LogP contribution in [-0.2, 0) is 24.2 Å². The van der Waals surface area contributed by atoms with Crippen molar-refractivity contribution in [2.75, 3.05) is 5.75 Å². The molecule has 1 fully saturated rings. The van der Waals surface area contributed by atoms with Crippen molar-refractivity contribution in [3.05, 3.63) is 100 Å². The van der Waals surface area contributed by atoms with Crippen LogP contribution in [0.2, 0.25) is 10.0 Å². The van der Waals surface area contributed by atoms with E-state index in [1.165, 1.54) is 17.0 Å². The Morgan fingerprint density at radius 1 is 0.974 bits per heavy atom. The van der Waals surface area contributed by atoms with Crippen LogP contribution in [-0.4, -0.2) is 48.2 Å². The van der Waals surface area contributed by atoms with Crippen molar-refractivity contribution in [1.29, 1.82) is 0 Å². The smallest absolute Gasteiger partial charge is 0.306 e. The predicted molar refractivity (Wildman–Crippen MR) is 145 cm³/mol. The zero-order valence-electron chi connectivity index (χ0n) is 20.5. The average molecular weight is 576 g/mol. The minimum absolute atomic E-state index is 0.149. The summed E-state index contributed by atoms with van der Waals surface area (Å²) in [7, 11) is -3.78. The summed E-state index contributed by atoms with van der Waals surface area (Å²) in [6.45, 7) is 1.80. The number of benzene rings is 3. The van der Waals surface area contributed by atoms with Gasteiger partial charge in [0, 0.05) is 16.1 Å². The van der Waals surface area contributed by atoms with Crippen molar-refractivity contribution in [2.24, 2.45) is 0 Å². The molecule has 3 aromatic rings. The number of carbonyl (C=O) groups excluding carboxylic acids is 1. The second-order valence-corrected chi connectivity index (χ2v) is 12.0.